The van der Waals surface area contributed by atoms with Crippen LogP contribution in [0.2, 0.25) is 0 Å². The first-order chi connectivity index (χ1) is 16.2. The second kappa shape index (κ2) is 8.51. The molecular formula is C18H21B3FN2O9PS. The number of carbonyl (C=O) groups is 1. The fourth-order valence-corrected chi connectivity index (χ4v) is 5.92. The van der Waals surface area contributed by atoms with Gasteiger partial charge in [0.2, 0.25) is 0 Å². The van der Waals surface area contributed by atoms with Crippen molar-refractivity contribution in [3.63, 3.8) is 0 Å². The predicted octanol–water partition coefficient (Wildman–Crippen LogP) is -1.66. The van der Waals surface area contributed by atoms with Gasteiger partial charge in [0.05, 0.1) is 17.6 Å². The highest BCUT2D eigenvalue weighted by atomic mass is 32.1. The molecule has 3 heterocycles. The maximum absolute atomic E-state index is 16.4. The van der Waals surface area contributed by atoms with Crippen LogP contribution in [-0.4, -0.2) is 73.1 Å². The number of para-hydroxylation sites is 1. The number of nitrogens with zero attached hydrogens (tertiary/aromatic N) is 1. The lowest BCUT2D eigenvalue weighted by Gasteiger charge is -2.41. The third kappa shape index (κ3) is 4.06. The molecule has 4 rings (SSSR count). The molecule has 1 aromatic carbocycles. The van der Waals surface area contributed by atoms with E-state index in [1.807, 2.05) is 0 Å². The number of phosphoric acid groups is 1. The summed E-state index contributed by atoms with van der Waals surface area (Å²) >= 11 is 4.90. The van der Waals surface area contributed by atoms with Gasteiger partial charge >= 0.3 is 13.5 Å². The molecule has 3 N–H and O–H groups in total. The fourth-order valence-electron chi connectivity index (χ4n) is 4.12. The van der Waals surface area contributed by atoms with E-state index in [0.717, 1.165) is 29.7 Å². The molecule has 35 heavy (non-hydrogen) atoms. The molecule has 17 heteroatoms. The Labute approximate surface area is 206 Å². The van der Waals surface area contributed by atoms with Crippen LogP contribution >= 0.6 is 20.0 Å². The number of aldehydes is 1. The molecule has 1 unspecified atom stereocenters. The monoisotopic (exact) mass is 524 g/mol. The SMILES string of the molecule is BC(B)(OP1(=O)OCc2cccc(C)c2O1)[C@@]1(F)O[C@@](B)(n2cc(C=O)c(=S)[nH]c2=O)[C@H](O)[C@@H]1O. The number of aliphatic hydroxyl groups is 2. The average molecular weight is 524 g/mol. The lowest BCUT2D eigenvalue weighted by molar-refractivity contribution is -0.240. The summed E-state index contributed by atoms with van der Waals surface area (Å²) in [5, 5.41) is 19.2. The van der Waals surface area contributed by atoms with Gasteiger partial charge in [0.1, 0.15) is 43.9 Å². The highest BCUT2D eigenvalue weighted by molar-refractivity contribution is 7.71. The van der Waals surface area contributed by atoms with E-state index in [4.69, 9.17) is 30.5 Å². The van der Waals surface area contributed by atoms with E-state index in [1.165, 1.54) is 0 Å². The van der Waals surface area contributed by atoms with Crippen LogP contribution in [0.1, 0.15) is 21.5 Å². The number of alkyl halides is 1. The van der Waals surface area contributed by atoms with Gasteiger partial charge in [-0.1, -0.05) is 30.4 Å². The summed E-state index contributed by atoms with van der Waals surface area (Å²) < 4.78 is 52.0. The summed E-state index contributed by atoms with van der Waals surface area (Å²) in [6.07, 6.45) is -3.00. The average Bonchev–Trinajstić information content (AvgIpc) is 2.95. The molecule has 184 valence electrons. The van der Waals surface area contributed by atoms with Gasteiger partial charge in [-0.25, -0.2) is 13.8 Å². The zero-order chi connectivity index (χ0) is 26.0. The van der Waals surface area contributed by atoms with Crippen LogP contribution in [0.4, 0.5) is 4.39 Å². The van der Waals surface area contributed by atoms with Crippen LogP contribution in [0, 0.1) is 11.6 Å². The zero-order valence-corrected chi connectivity index (χ0v) is 20.9. The van der Waals surface area contributed by atoms with Crippen molar-refractivity contribution in [1.82, 2.24) is 9.55 Å². The van der Waals surface area contributed by atoms with Gasteiger partial charge in [-0.2, -0.15) is 0 Å². The summed E-state index contributed by atoms with van der Waals surface area (Å²) in [5.41, 5.74) is -2.04. The highest BCUT2D eigenvalue weighted by Gasteiger charge is 2.69. The number of aryl methyl sites for hydroxylation is 1. The molecule has 0 amide bonds. The molecule has 11 nitrogen and oxygen atoms in total. The number of H-pyrrole nitrogens is 1. The number of ether oxygens (including phenoxy) is 1. The van der Waals surface area contributed by atoms with Crippen molar-refractivity contribution >= 4 is 49.9 Å². The van der Waals surface area contributed by atoms with Gasteiger partial charge in [-0.3, -0.25) is 23.4 Å². The summed E-state index contributed by atoms with van der Waals surface area (Å²) in [6.45, 7) is 1.58. The number of aromatic nitrogens is 2. The van der Waals surface area contributed by atoms with Crippen molar-refractivity contribution in [3.05, 3.63) is 56.2 Å². The number of phosphoric ester groups is 1. The van der Waals surface area contributed by atoms with Crippen molar-refractivity contribution in [3.8, 4) is 5.75 Å². The Hall–Kier alpha value is -2.06. The maximum atomic E-state index is 16.4. The van der Waals surface area contributed by atoms with Crippen molar-refractivity contribution < 1.29 is 42.3 Å². The molecule has 0 aliphatic carbocycles. The molecule has 5 atom stereocenters. The number of aromatic amines is 1. The Bertz CT molecular complexity index is 1370. The van der Waals surface area contributed by atoms with Crippen molar-refractivity contribution in [2.75, 3.05) is 0 Å². The second-order valence-electron chi connectivity index (χ2n) is 9.00. The number of carbonyl (C=O) groups excluding carboxylic acids is 1. The standard InChI is InChI=1S/C18H21B3FN2O9PS/c1-8-3-2-4-9-7-30-34(29,31-11(8)9)33-18(20,21)16(22)12(26)13(27)17(19,32-16)24-5-10(6-25)14(35)23-15(24)28/h2-6,12-13,26-27H,7,19-21H2,1H3,(H,23,28,35)/t12-,13+,16-,17-,34?/m0/s1. The third-order valence-electron chi connectivity index (χ3n) is 6.19. The highest BCUT2D eigenvalue weighted by Crippen LogP contribution is 2.59. The first-order valence-electron chi connectivity index (χ1n) is 10.5. The first-order valence-corrected chi connectivity index (χ1v) is 12.3. The molecule has 0 bridgehead atoms. The minimum atomic E-state index is -4.43. The number of benzene rings is 1. The van der Waals surface area contributed by atoms with Crippen LogP contribution in [0.15, 0.2) is 29.2 Å². The third-order valence-corrected chi connectivity index (χ3v) is 8.06. The zero-order valence-electron chi connectivity index (χ0n) is 19.2. The molecular weight excluding hydrogens is 503 g/mol. The molecule has 1 aromatic heterocycles. The first kappa shape index (κ1) is 26.0. The maximum Gasteiger partial charge on any atom is 0.529 e. The topological polar surface area (TPSA) is 149 Å². The lowest BCUT2D eigenvalue weighted by atomic mass is 9.59. The number of fused-ring (bicyclic) bond motifs is 1. The van der Waals surface area contributed by atoms with Crippen LogP contribution < -0.4 is 10.2 Å². The predicted molar refractivity (Wildman–Crippen MR) is 130 cm³/mol. The number of aliphatic hydroxyl groups excluding tert-OH is 2. The summed E-state index contributed by atoms with van der Waals surface area (Å²) in [7, 11) is -1.06. The second-order valence-corrected chi connectivity index (χ2v) is 10.9. The summed E-state index contributed by atoms with van der Waals surface area (Å²) in [6, 6.07) is 5.19. The fraction of sp³-hybridized carbons (Fsp3) is 0.389. The number of hydrogen-bond donors (Lipinski definition) is 3. The van der Waals surface area contributed by atoms with Crippen LogP contribution in [-0.2, 0) is 30.6 Å². The van der Waals surface area contributed by atoms with E-state index in [2.05, 4.69) is 4.98 Å². The van der Waals surface area contributed by atoms with Gasteiger partial charge in [0.25, 0.3) is 5.85 Å². The summed E-state index contributed by atoms with van der Waals surface area (Å²) in [5.74, 6) is -2.97. The number of rotatable bonds is 5. The molecule has 1 fully saturated rings. The Morgan fingerprint density at radius 1 is 1.40 bits per heavy atom. The van der Waals surface area contributed by atoms with Gasteiger partial charge in [-0.15, -0.1) is 0 Å². The van der Waals surface area contributed by atoms with Crippen molar-refractivity contribution in [1.29, 1.82) is 0 Å². The summed E-state index contributed by atoms with van der Waals surface area (Å²) in [4.78, 5) is 26.1. The Morgan fingerprint density at radius 3 is 2.74 bits per heavy atom. The molecule has 2 aromatic rings. The molecule has 0 spiro atoms. The van der Waals surface area contributed by atoms with Crippen LogP contribution in [0.3, 0.4) is 0 Å². The van der Waals surface area contributed by atoms with Crippen LogP contribution in [0.5, 0.6) is 5.75 Å². The van der Waals surface area contributed by atoms with Gasteiger partial charge in [-0.05, 0) is 12.5 Å². The number of halogens is 1. The molecule has 1 saturated heterocycles. The van der Waals surface area contributed by atoms with E-state index in [0.29, 0.717) is 22.0 Å². The normalized spacial score (nSPS) is 32.6. The van der Waals surface area contributed by atoms with Crippen molar-refractivity contribution in [2.45, 2.75) is 42.6 Å². The van der Waals surface area contributed by atoms with Crippen molar-refractivity contribution in [2.24, 2.45) is 0 Å². The molecule has 0 saturated carbocycles. The molecule has 2 aliphatic heterocycles. The molecule has 2 aliphatic rings. The largest absolute Gasteiger partial charge is 0.529 e. The quantitative estimate of drug-likeness (QED) is 0.180. The minimum absolute atomic E-state index is 0.138. The van der Waals surface area contributed by atoms with E-state index < -0.39 is 42.6 Å². The molecule has 0 radical (unpaired) electrons. The minimum Gasteiger partial charge on any atom is -0.403 e. The lowest BCUT2D eigenvalue weighted by Crippen LogP contribution is -2.60. The number of nitrogens with one attached hydrogen (secondary N) is 1. The van der Waals surface area contributed by atoms with E-state index >= 15 is 4.39 Å². The van der Waals surface area contributed by atoms with E-state index in [1.54, 1.807) is 25.1 Å². The van der Waals surface area contributed by atoms with E-state index in [9.17, 15) is 24.4 Å². The van der Waals surface area contributed by atoms with Gasteiger partial charge in [0, 0.05) is 11.8 Å². The Kier molecular flexibility index (Phi) is 6.33. The van der Waals surface area contributed by atoms with Gasteiger partial charge < -0.3 is 19.5 Å². The van der Waals surface area contributed by atoms with E-state index in [-0.39, 0.29) is 22.6 Å². The van der Waals surface area contributed by atoms with Gasteiger partial charge in [0.15, 0.2) is 14.1 Å². The Balaban J connectivity index is 1.70. The Morgan fingerprint density at radius 2 is 2.09 bits per heavy atom. The van der Waals surface area contributed by atoms with Crippen LogP contribution in [0.25, 0.3) is 0 Å². The number of hydrogen-bond acceptors (Lipinski definition) is 10. The smallest absolute Gasteiger partial charge is 0.403 e.